The highest BCUT2D eigenvalue weighted by Crippen LogP contribution is 2.44. The van der Waals surface area contributed by atoms with Crippen LogP contribution in [-0.4, -0.2) is 86.4 Å². The van der Waals surface area contributed by atoms with Crippen molar-refractivity contribution in [1.82, 2.24) is 24.6 Å². The molecule has 16 heteroatoms. The molecule has 9 rings (SSSR count). The van der Waals surface area contributed by atoms with Crippen LogP contribution in [-0.2, 0) is 29.6 Å². The number of carbonyl (C=O) groups excluding carboxylic acids is 4. The molecule has 5 aromatic rings. The van der Waals surface area contributed by atoms with E-state index in [9.17, 15) is 37.9 Å². The van der Waals surface area contributed by atoms with Crippen LogP contribution in [0.15, 0.2) is 65.7 Å². The van der Waals surface area contributed by atoms with E-state index in [1.165, 1.54) is 23.4 Å². The quantitative estimate of drug-likeness (QED) is 0.190. The van der Waals surface area contributed by atoms with Crippen LogP contribution in [0.25, 0.3) is 22.0 Å². The number of fused-ring (bicyclic) bond motifs is 3. The number of hydrogen-bond donors (Lipinski definition) is 2. The van der Waals surface area contributed by atoms with E-state index in [1.54, 1.807) is 43.8 Å². The number of aromatic nitrogens is 3. The first-order chi connectivity index (χ1) is 29.2. The van der Waals surface area contributed by atoms with Gasteiger partial charge in [-0.05, 0) is 92.1 Å². The third kappa shape index (κ3) is 7.11. The van der Waals surface area contributed by atoms with Crippen LogP contribution in [0.1, 0.15) is 82.4 Å². The monoisotopic (exact) mass is 833 g/mol. The number of rotatable bonds is 8. The maximum Gasteiger partial charge on any atom is 0.264 e. The Labute approximate surface area is 349 Å². The number of imide groups is 1. The number of carbonyl (C=O) groups is 4. The molecule has 2 saturated heterocycles. The van der Waals surface area contributed by atoms with Gasteiger partial charge in [0.25, 0.3) is 17.9 Å². The van der Waals surface area contributed by atoms with Crippen LogP contribution < -0.4 is 25.4 Å². The molecule has 0 spiro atoms. The minimum Gasteiger partial charge on any atom is -0.497 e. The second kappa shape index (κ2) is 15.2. The molecule has 0 saturated carbocycles. The normalized spacial score (nSPS) is 18.8. The van der Waals surface area contributed by atoms with Crippen LogP contribution in [0, 0.1) is 6.92 Å². The Morgan fingerprint density at radius 1 is 0.984 bits per heavy atom. The lowest BCUT2D eigenvalue weighted by Crippen LogP contribution is -2.52. The van der Waals surface area contributed by atoms with Crippen molar-refractivity contribution in [1.29, 1.82) is 0 Å². The maximum atomic E-state index is 15.0. The predicted molar refractivity (Wildman–Crippen MR) is 223 cm³/mol. The number of ether oxygens (including phenoxy) is 1. The van der Waals surface area contributed by atoms with Gasteiger partial charge in [-0.3, -0.25) is 29.3 Å². The van der Waals surface area contributed by atoms with E-state index in [0.29, 0.717) is 59.7 Å². The van der Waals surface area contributed by atoms with Gasteiger partial charge in [0.05, 0.1) is 36.5 Å². The number of alkyl halides is 2. The number of nitrogens with one attached hydrogen (secondary N) is 1. The fourth-order valence-corrected chi connectivity index (χ4v) is 9.42. The topological polar surface area (TPSA) is 159 Å². The Morgan fingerprint density at radius 3 is 2.51 bits per heavy atom. The lowest BCUT2D eigenvalue weighted by atomic mass is 9.87. The van der Waals surface area contributed by atoms with Gasteiger partial charge in [-0.25, -0.2) is 13.5 Å². The second-order valence-electron chi connectivity index (χ2n) is 16.6. The highest BCUT2D eigenvalue weighted by atomic mass is 19.3. The number of nitrogens with zero attached hydrogens (tertiary/aromatic N) is 6. The van der Waals surface area contributed by atoms with Crippen molar-refractivity contribution in [2.45, 2.75) is 76.5 Å². The summed E-state index contributed by atoms with van der Waals surface area (Å²) in [5.41, 5.74) is 4.54. The van der Waals surface area contributed by atoms with E-state index in [2.05, 4.69) is 15.3 Å². The van der Waals surface area contributed by atoms with E-state index in [0.717, 1.165) is 39.0 Å². The lowest BCUT2D eigenvalue weighted by molar-refractivity contribution is -0.136. The minimum absolute atomic E-state index is 0.135. The Kier molecular flexibility index (Phi) is 10.00. The first kappa shape index (κ1) is 40.0. The summed E-state index contributed by atoms with van der Waals surface area (Å²) in [6.45, 7) is 3.43. The second-order valence-corrected chi connectivity index (χ2v) is 16.6. The zero-order valence-electron chi connectivity index (χ0n) is 34.0. The third-order valence-corrected chi connectivity index (χ3v) is 12.8. The zero-order chi connectivity index (χ0) is 42.9. The van der Waals surface area contributed by atoms with Crippen LogP contribution in [0.2, 0.25) is 0 Å². The first-order valence-electron chi connectivity index (χ1n) is 20.5. The van der Waals surface area contributed by atoms with Gasteiger partial charge >= 0.3 is 0 Å². The molecule has 1 unspecified atom stereocenters. The smallest absolute Gasteiger partial charge is 0.264 e. The van der Waals surface area contributed by atoms with Gasteiger partial charge in [0.15, 0.2) is 0 Å². The number of amides is 3. The predicted octanol–water partition coefficient (Wildman–Crippen LogP) is 5.56. The maximum absolute atomic E-state index is 15.0. The van der Waals surface area contributed by atoms with Crippen LogP contribution in [0.5, 0.6) is 5.75 Å². The number of benzene rings is 3. The van der Waals surface area contributed by atoms with Crippen molar-refractivity contribution >= 4 is 51.6 Å². The van der Waals surface area contributed by atoms with E-state index in [-0.39, 0.29) is 67.1 Å². The molecule has 0 aliphatic carbocycles. The first-order valence-corrected chi connectivity index (χ1v) is 20.5. The highest BCUT2D eigenvalue weighted by molar-refractivity contribution is 6.05. The number of aryl methyl sites for hydroxylation is 3. The van der Waals surface area contributed by atoms with Gasteiger partial charge in [-0.15, -0.1) is 0 Å². The van der Waals surface area contributed by atoms with E-state index in [1.807, 2.05) is 29.2 Å². The standard InChI is InChI=1S/C45H45F2N7O7/c1-25-15-34-37(50(2)43(25)58)18-30(61-3)19-38(34)52-12-4-5-26-17-32(33(41(46)47)20-36(26)52)28-22-48-54(24-28)40(56)21-45(60)10-13-51(14-11-45)29-6-7-31-27(16-29)23-53(44(31)59)35-8-9-39(55)49-42(35)57/h6-7,15-20,22,24,35,41,60H,4-5,8-14,21,23H2,1-3H3,(H,49,55,57). The van der Waals surface area contributed by atoms with Crippen molar-refractivity contribution < 1.29 is 37.8 Å². The molecule has 4 aliphatic heterocycles. The van der Waals surface area contributed by atoms with Gasteiger partial charge in [-0.2, -0.15) is 5.10 Å². The van der Waals surface area contributed by atoms with Gasteiger partial charge in [0.2, 0.25) is 17.7 Å². The summed E-state index contributed by atoms with van der Waals surface area (Å²) in [6, 6.07) is 13.5. The number of aliphatic hydroxyl groups is 1. The summed E-state index contributed by atoms with van der Waals surface area (Å²) in [5.74, 6) is -1.00. The molecule has 4 aliphatic rings. The molecule has 61 heavy (non-hydrogen) atoms. The van der Waals surface area contributed by atoms with Crippen molar-refractivity contribution in [3.05, 3.63) is 99.1 Å². The summed E-state index contributed by atoms with van der Waals surface area (Å²) in [5, 5.41) is 19.0. The number of methoxy groups -OCH3 is 1. The highest BCUT2D eigenvalue weighted by Gasteiger charge is 2.40. The van der Waals surface area contributed by atoms with E-state index >= 15 is 0 Å². The number of piperidine rings is 2. The average Bonchev–Trinajstić information content (AvgIpc) is 3.87. The number of hydrogen-bond acceptors (Lipinski definition) is 10. The molecule has 14 nitrogen and oxygen atoms in total. The van der Waals surface area contributed by atoms with Crippen LogP contribution >= 0.6 is 0 Å². The Balaban J connectivity index is 0.906. The summed E-state index contributed by atoms with van der Waals surface area (Å²) >= 11 is 0. The van der Waals surface area contributed by atoms with Crippen LogP contribution in [0.3, 0.4) is 0 Å². The van der Waals surface area contributed by atoms with Gasteiger partial charge in [-0.1, -0.05) is 0 Å². The van der Waals surface area contributed by atoms with Crippen molar-refractivity contribution in [3.63, 3.8) is 0 Å². The van der Waals surface area contributed by atoms with Gasteiger partial charge < -0.3 is 29.1 Å². The van der Waals surface area contributed by atoms with Gasteiger partial charge in [0, 0.05) is 97.0 Å². The summed E-state index contributed by atoms with van der Waals surface area (Å²) in [7, 11) is 3.24. The van der Waals surface area contributed by atoms with E-state index in [4.69, 9.17) is 4.74 Å². The molecular formula is C45H45F2N7O7. The van der Waals surface area contributed by atoms with Crippen molar-refractivity contribution in [2.75, 3.05) is 36.5 Å². The molecule has 2 aromatic heterocycles. The molecule has 2 fully saturated rings. The molecule has 0 bridgehead atoms. The Bertz CT molecular complexity index is 2720. The molecule has 2 N–H and O–H groups in total. The molecule has 3 amide bonds. The molecule has 1 atom stereocenters. The van der Waals surface area contributed by atoms with Gasteiger partial charge in [0.1, 0.15) is 11.8 Å². The van der Waals surface area contributed by atoms with Crippen molar-refractivity contribution in [2.24, 2.45) is 7.05 Å². The molecule has 0 radical (unpaired) electrons. The van der Waals surface area contributed by atoms with E-state index < -0.39 is 29.9 Å². The average molecular weight is 834 g/mol. The Morgan fingerprint density at radius 2 is 1.77 bits per heavy atom. The molecule has 3 aromatic carbocycles. The third-order valence-electron chi connectivity index (χ3n) is 12.8. The molecule has 6 heterocycles. The molecule has 316 valence electrons. The SMILES string of the molecule is COc1cc(N2CCCc3cc(-c4cnn(C(=O)CC5(O)CCN(c6ccc7c(c6)CN(C6CCC(=O)NC6=O)C7=O)CC5)c4)c(C(F)F)cc32)c2cc(C)c(=O)n(C)c2c1. The molecular weight excluding hydrogens is 789 g/mol. The minimum atomic E-state index is -2.84. The summed E-state index contributed by atoms with van der Waals surface area (Å²) in [6.07, 6.45) is 2.18. The fourth-order valence-electron chi connectivity index (χ4n) is 9.42. The Hall–Kier alpha value is -6.42. The number of halogens is 2. The van der Waals surface area contributed by atoms with Crippen molar-refractivity contribution in [3.8, 4) is 16.9 Å². The van der Waals surface area contributed by atoms with Crippen LogP contribution in [0.4, 0.5) is 25.8 Å². The summed E-state index contributed by atoms with van der Waals surface area (Å²) < 4.78 is 38.2. The number of pyridine rings is 1. The zero-order valence-corrected chi connectivity index (χ0v) is 34.0. The summed E-state index contributed by atoms with van der Waals surface area (Å²) in [4.78, 5) is 69.3. The lowest BCUT2D eigenvalue weighted by Gasteiger charge is -2.39. The fraction of sp³-hybridized carbons (Fsp3) is 0.378. The number of anilines is 3. The largest absolute Gasteiger partial charge is 0.497 e.